The van der Waals surface area contributed by atoms with E-state index in [0.717, 1.165) is 0 Å². The van der Waals surface area contributed by atoms with Gasteiger partial charge in [0.25, 0.3) is 5.91 Å². The maximum Gasteiger partial charge on any atom is 0.341 e. The molecule has 11 heteroatoms. The predicted octanol–water partition coefficient (Wildman–Crippen LogP) is 3.71. The maximum atomic E-state index is 13.1. The SMILES string of the molecule is CC(CO)Oc1cccc(CNc2ccc(Cl)cc2C(=O)Nc2ccc(C(=N)N)cc2)c1OCC(=O)O. The van der Waals surface area contributed by atoms with E-state index in [0.29, 0.717) is 27.5 Å². The fourth-order valence-corrected chi connectivity index (χ4v) is 3.50. The van der Waals surface area contributed by atoms with Crippen LogP contribution in [0.1, 0.15) is 28.4 Å². The monoisotopic (exact) mass is 526 g/mol. The van der Waals surface area contributed by atoms with Crippen molar-refractivity contribution in [2.24, 2.45) is 5.73 Å². The summed E-state index contributed by atoms with van der Waals surface area (Å²) in [5, 5.41) is 32.2. The number of ether oxygens (including phenoxy) is 2. The molecule has 1 amide bonds. The van der Waals surface area contributed by atoms with Gasteiger partial charge in [-0.2, -0.15) is 0 Å². The highest BCUT2D eigenvalue weighted by molar-refractivity contribution is 6.31. The molecule has 0 spiro atoms. The van der Waals surface area contributed by atoms with E-state index in [1.54, 1.807) is 61.5 Å². The van der Waals surface area contributed by atoms with Crippen LogP contribution in [0.25, 0.3) is 0 Å². The number of carbonyl (C=O) groups is 2. The van der Waals surface area contributed by atoms with E-state index in [1.807, 2.05) is 0 Å². The number of hydrogen-bond acceptors (Lipinski definition) is 7. The lowest BCUT2D eigenvalue weighted by Gasteiger charge is -2.19. The molecule has 0 fully saturated rings. The van der Waals surface area contributed by atoms with Gasteiger partial charge >= 0.3 is 5.97 Å². The van der Waals surface area contributed by atoms with Crippen LogP contribution in [0.15, 0.2) is 60.7 Å². The van der Waals surface area contributed by atoms with Gasteiger partial charge in [-0.15, -0.1) is 0 Å². The van der Waals surface area contributed by atoms with E-state index in [4.69, 9.17) is 37.3 Å². The number of anilines is 2. The number of rotatable bonds is 12. The maximum absolute atomic E-state index is 13.1. The molecule has 1 unspecified atom stereocenters. The smallest absolute Gasteiger partial charge is 0.341 e. The third kappa shape index (κ3) is 7.60. The van der Waals surface area contributed by atoms with E-state index in [-0.39, 0.29) is 36.0 Å². The molecule has 10 nitrogen and oxygen atoms in total. The number of nitrogen functional groups attached to an aromatic ring is 1. The van der Waals surface area contributed by atoms with Crippen LogP contribution >= 0.6 is 11.6 Å². The average molecular weight is 527 g/mol. The first-order valence-corrected chi connectivity index (χ1v) is 11.6. The minimum Gasteiger partial charge on any atom is -0.484 e. The number of hydrogen-bond donors (Lipinski definition) is 6. The molecule has 7 N–H and O–H groups in total. The summed E-state index contributed by atoms with van der Waals surface area (Å²) >= 11 is 6.16. The second kappa shape index (κ2) is 12.6. The van der Waals surface area contributed by atoms with E-state index in [2.05, 4.69) is 10.6 Å². The Morgan fingerprint density at radius 1 is 1.14 bits per heavy atom. The van der Waals surface area contributed by atoms with Crippen molar-refractivity contribution in [2.45, 2.75) is 19.6 Å². The number of para-hydroxylation sites is 1. The van der Waals surface area contributed by atoms with Crippen LogP contribution in [0.4, 0.5) is 11.4 Å². The first kappa shape index (κ1) is 27.3. The summed E-state index contributed by atoms with van der Waals surface area (Å²) in [4.78, 5) is 24.2. The van der Waals surface area contributed by atoms with Crippen LogP contribution in [0.2, 0.25) is 5.02 Å². The number of aliphatic carboxylic acids is 1. The molecular formula is C26H27ClN4O6. The van der Waals surface area contributed by atoms with Crippen molar-refractivity contribution in [1.29, 1.82) is 5.41 Å². The summed E-state index contributed by atoms with van der Waals surface area (Å²) in [7, 11) is 0. The molecule has 0 aliphatic carbocycles. The number of carbonyl (C=O) groups excluding carboxylic acids is 1. The minimum atomic E-state index is -1.16. The first-order valence-electron chi connectivity index (χ1n) is 11.2. The summed E-state index contributed by atoms with van der Waals surface area (Å²) in [6.07, 6.45) is -0.536. The number of aliphatic hydroxyl groups is 1. The molecule has 0 saturated carbocycles. The third-order valence-corrected chi connectivity index (χ3v) is 5.37. The number of benzene rings is 3. The zero-order chi connectivity index (χ0) is 26.9. The van der Waals surface area contributed by atoms with Gasteiger partial charge in [-0.3, -0.25) is 10.2 Å². The highest BCUT2D eigenvalue weighted by Crippen LogP contribution is 2.33. The standard InChI is InChI=1S/C26H27ClN4O6/c1-15(13-32)37-22-4-2-3-17(24(22)36-14-23(33)34)12-30-21-10-7-18(27)11-20(21)26(35)31-19-8-5-16(6-9-19)25(28)29/h2-11,15,30,32H,12-14H2,1H3,(H3,28,29)(H,31,35)(H,33,34). The molecule has 3 rings (SSSR count). The molecule has 37 heavy (non-hydrogen) atoms. The second-order valence-electron chi connectivity index (χ2n) is 8.03. The highest BCUT2D eigenvalue weighted by Gasteiger charge is 2.17. The largest absolute Gasteiger partial charge is 0.484 e. The molecule has 194 valence electrons. The second-order valence-corrected chi connectivity index (χ2v) is 8.46. The molecule has 0 bridgehead atoms. The van der Waals surface area contributed by atoms with Gasteiger partial charge in [0, 0.05) is 34.1 Å². The first-order chi connectivity index (χ1) is 17.7. The zero-order valence-corrected chi connectivity index (χ0v) is 20.7. The van der Waals surface area contributed by atoms with Gasteiger partial charge in [-0.1, -0.05) is 23.7 Å². The lowest BCUT2D eigenvalue weighted by molar-refractivity contribution is -0.139. The number of carboxylic acid groups (broad SMARTS) is 1. The number of carboxylic acids is 1. The van der Waals surface area contributed by atoms with Gasteiger partial charge in [0.15, 0.2) is 18.1 Å². The van der Waals surface area contributed by atoms with Crippen molar-refractivity contribution in [3.8, 4) is 11.5 Å². The Morgan fingerprint density at radius 2 is 1.86 bits per heavy atom. The van der Waals surface area contributed by atoms with Crippen LogP contribution in [-0.2, 0) is 11.3 Å². The lowest BCUT2D eigenvalue weighted by Crippen LogP contribution is -2.19. The van der Waals surface area contributed by atoms with Crippen LogP contribution in [0, 0.1) is 5.41 Å². The molecule has 3 aromatic carbocycles. The molecule has 0 saturated heterocycles. The van der Waals surface area contributed by atoms with Gasteiger partial charge in [0.05, 0.1) is 12.2 Å². The highest BCUT2D eigenvalue weighted by atomic mass is 35.5. The summed E-state index contributed by atoms with van der Waals surface area (Å²) in [6, 6.07) is 16.4. The Kier molecular flexibility index (Phi) is 9.31. The number of amidine groups is 1. The van der Waals surface area contributed by atoms with Gasteiger partial charge in [0.2, 0.25) is 0 Å². The molecule has 3 aromatic rings. The molecular weight excluding hydrogens is 500 g/mol. The van der Waals surface area contributed by atoms with Crippen LogP contribution in [-0.4, -0.2) is 47.2 Å². The predicted molar refractivity (Wildman–Crippen MR) is 141 cm³/mol. The van der Waals surface area contributed by atoms with Crippen molar-refractivity contribution in [3.63, 3.8) is 0 Å². The van der Waals surface area contributed by atoms with Gasteiger partial charge in [0.1, 0.15) is 11.9 Å². The van der Waals surface area contributed by atoms with Gasteiger partial charge in [-0.05, 0) is 55.5 Å². The fraction of sp³-hybridized carbons (Fsp3) is 0.192. The minimum absolute atomic E-state index is 0.0776. The number of nitrogens with two attached hydrogens (primary N) is 1. The van der Waals surface area contributed by atoms with Crippen molar-refractivity contribution in [1.82, 2.24) is 0 Å². The Labute approximate surface area is 218 Å². The van der Waals surface area contributed by atoms with Crippen molar-refractivity contribution in [3.05, 3.63) is 82.4 Å². The number of amides is 1. The topological polar surface area (TPSA) is 167 Å². The normalized spacial score (nSPS) is 11.3. The fourth-order valence-electron chi connectivity index (χ4n) is 3.33. The molecule has 0 aliphatic rings. The Morgan fingerprint density at radius 3 is 2.51 bits per heavy atom. The average Bonchev–Trinajstić information content (AvgIpc) is 2.87. The lowest BCUT2D eigenvalue weighted by atomic mass is 10.1. The van der Waals surface area contributed by atoms with Crippen molar-refractivity contribution in [2.75, 3.05) is 23.8 Å². The van der Waals surface area contributed by atoms with Crippen molar-refractivity contribution < 1.29 is 29.3 Å². The summed E-state index contributed by atoms with van der Waals surface area (Å²) in [5.74, 6) is -1.16. The van der Waals surface area contributed by atoms with Crippen LogP contribution < -0.4 is 25.8 Å². The van der Waals surface area contributed by atoms with Crippen molar-refractivity contribution >= 4 is 40.7 Å². The van der Waals surface area contributed by atoms with E-state index in [9.17, 15) is 14.7 Å². The van der Waals surface area contributed by atoms with E-state index >= 15 is 0 Å². The van der Waals surface area contributed by atoms with E-state index < -0.39 is 24.6 Å². The quantitative estimate of drug-likeness (QED) is 0.153. The van der Waals surface area contributed by atoms with Crippen LogP contribution in [0.3, 0.4) is 0 Å². The summed E-state index contributed by atoms with van der Waals surface area (Å²) in [6.45, 7) is 1.01. The Hall–Kier alpha value is -4.28. The molecule has 0 radical (unpaired) electrons. The molecule has 0 aliphatic heterocycles. The number of halogens is 1. The van der Waals surface area contributed by atoms with Gasteiger partial charge < -0.3 is 36.1 Å². The number of nitrogens with one attached hydrogen (secondary N) is 3. The third-order valence-electron chi connectivity index (χ3n) is 5.13. The summed E-state index contributed by atoms with van der Waals surface area (Å²) < 4.78 is 11.2. The molecule has 1 atom stereocenters. The number of aliphatic hydroxyl groups excluding tert-OH is 1. The Bertz CT molecular complexity index is 1280. The van der Waals surface area contributed by atoms with Gasteiger partial charge in [-0.25, -0.2) is 4.79 Å². The zero-order valence-electron chi connectivity index (χ0n) is 20.0. The molecule has 0 aromatic heterocycles. The van der Waals surface area contributed by atoms with E-state index in [1.165, 1.54) is 6.07 Å². The van der Waals surface area contributed by atoms with Crippen LogP contribution in [0.5, 0.6) is 11.5 Å². The molecule has 0 heterocycles. The Balaban J connectivity index is 1.83. The summed E-state index contributed by atoms with van der Waals surface area (Å²) in [5.41, 5.74) is 7.84.